The average Bonchev–Trinajstić information content (AvgIpc) is 3.22. The first-order valence-electron chi connectivity index (χ1n) is 9.93. The molecule has 7 nitrogen and oxygen atoms in total. The maximum atomic E-state index is 12.8. The first-order chi connectivity index (χ1) is 14.1. The van der Waals surface area contributed by atoms with Crippen LogP contribution >= 0.6 is 0 Å². The second kappa shape index (κ2) is 13.2. The van der Waals surface area contributed by atoms with Gasteiger partial charge in [-0.2, -0.15) is 8.78 Å². The van der Waals surface area contributed by atoms with Crippen LogP contribution in [0.5, 0.6) is 11.5 Å². The van der Waals surface area contributed by atoms with Crippen molar-refractivity contribution in [3.05, 3.63) is 23.8 Å². The van der Waals surface area contributed by atoms with Gasteiger partial charge in [-0.3, -0.25) is 4.99 Å². The number of halogens is 2. The molecule has 1 aromatic rings. The van der Waals surface area contributed by atoms with Gasteiger partial charge in [0, 0.05) is 44.8 Å². The number of nitrogens with zero attached hydrogens (tertiary/aromatic N) is 1. The van der Waals surface area contributed by atoms with Crippen molar-refractivity contribution in [1.82, 2.24) is 10.6 Å². The fourth-order valence-corrected chi connectivity index (χ4v) is 2.94. The number of rotatable bonds is 12. The maximum absolute atomic E-state index is 12.8. The molecule has 1 aliphatic rings. The Morgan fingerprint density at radius 1 is 1.34 bits per heavy atom. The lowest BCUT2D eigenvalue weighted by molar-refractivity contribution is -0.0520. The first-order valence-corrected chi connectivity index (χ1v) is 9.93. The van der Waals surface area contributed by atoms with Gasteiger partial charge < -0.3 is 29.6 Å². The van der Waals surface area contributed by atoms with E-state index in [1.807, 2.05) is 0 Å². The van der Waals surface area contributed by atoms with E-state index in [9.17, 15) is 8.78 Å². The van der Waals surface area contributed by atoms with Gasteiger partial charge in [0.2, 0.25) is 0 Å². The monoisotopic (exact) mass is 415 g/mol. The lowest BCUT2D eigenvalue weighted by atomic mass is 10.1. The number of hydrogen-bond acceptors (Lipinski definition) is 5. The topological polar surface area (TPSA) is 73.3 Å². The van der Waals surface area contributed by atoms with Crippen molar-refractivity contribution in [2.75, 3.05) is 46.6 Å². The summed E-state index contributed by atoms with van der Waals surface area (Å²) >= 11 is 0. The van der Waals surface area contributed by atoms with Crippen molar-refractivity contribution in [3.63, 3.8) is 0 Å². The third-order valence-electron chi connectivity index (χ3n) is 4.37. The van der Waals surface area contributed by atoms with E-state index in [0.29, 0.717) is 42.9 Å². The second-order valence-electron chi connectivity index (χ2n) is 6.57. The van der Waals surface area contributed by atoms with Crippen molar-refractivity contribution >= 4 is 5.96 Å². The zero-order chi connectivity index (χ0) is 20.9. The fraction of sp³-hybridized carbons (Fsp3) is 0.650. The van der Waals surface area contributed by atoms with Crippen LogP contribution in [0.2, 0.25) is 0 Å². The number of guanidine groups is 1. The molecule has 0 aliphatic carbocycles. The van der Waals surface area contributed by atoms with Crippen LogP contribution in [0.1, 0.15) is 25.3 Å². The molecule has 2 rings (SSSR count). The zero-order valence-electron chi connectivity index (χ0n) is 17.1. The summed E-state index contributed by atoms with van der Waals surface area (Å²) in [5, 5.41) is 6.29. The summed E-state index contributed by atoms with van der Waals surface area (Å²) in [6.07, 6.45) is 1.89. The quantitative estimate of drug-likeness (QED) is 0.311. The molecule has 1 saturated heterocycles. The predicted octanol–water partition coefficient (Wildman–Crippen LogP) is 2.79. The molecule has 2 N–H and O–H groups in total. The minimum absolute atomic E-state index is 0.0385. The third kappa shape index (κ3) is 8.41. The molecule has 0 spiro atoms. The van der Waals surface area contributed by atoms with E-state index in [4.69, 9.17) is 14.2 Å². The summed E-state index contributed by atoms with van der Waals surface area (Å²) in [5.41, 5.74) is 0.557. The highest BCUT2D eigenvalue weighted by Crippen LogP contribution is 2.32. The molecular formula is C20H31F2N3O4. The highest BCUT2D eigenvalue weighted by atomic mass is 19.3. The summed E-state index contributed by atoms with van der Waals surface area (Å²) in [5.74, 6) is 1.41. The van der Waals surface area contributed by atoms with Crippen molar-refractivity contribution in [2.45, 2.75) is 32.9 Å². The van der Waals surface area contributed by atoms with Gasteiger partial charge in [-0.1, -0.05) is 12.1 Å². The molecule has 1 fully saturated rings. The molecule has 9 heteroatoms. The summed E-state index contributed by atoms with van der Waals surface area (Å²) < 4.78 is 46.7. The Balaban J connectivity index is 1.75. The standard InChI is InChI=1S/C20H31F2N3O4/c1-3-28-17-7-4-6-16(18(17)29-19(21)22)12-25-20(23-2)24-9-5-10-26-13-15-8-11-27-14-15/h4,6-7,15,19H,3,5,8-14H2,1-2H3,(H2,23,24,25). The Hall–Kier alpha value is -2.13. The van der Waals surface area contributed by atoms with Crippen molar-refractivity contribution < 1.29 is 27.7 Å². The van der Waals surface area contributed by atoms with Gasteiger partial charge >= 0.3 is 6.61 Å². The van der Waals surface area contributed by atoms with E-state index in [1.54, 1.807) is 32.2 Å². The zero-order valence-corrected chi connectivity index (χ0v) is 17.1. The van der Waals surface area contributed by atoms with Gasteiger partial charge in [-0.25, -0.2) is 0 Å². The van der Waals surface area contributed by atoms with E-state index in [2.05, 4.69) is 20.4 Å². The Kier molecular flexibility index (Phi) is 10.5. The number of nitrogens with one attached hydrogen (secondary N) is 2. The maximum Gasteiger partial charge on any atom is 0.387 e. The van der Waals surface area contributed by atoms with E-state index in [0.717, 1.165) is 32.7 Å². The van der Waals surface area contributed by atoms with Crippen molar-refractivity contribution in [1.29, 1.82) is 0 Å². The van der Waals surface area contributed by atoms with Crippen LogP contribution in [-0.4, -0.2) is 59.2 Å². The summed E-state index contributed by atoms with van der Waals surface area (Å²) in [4.78, 5) is 4.15. The molecule has 1 aromatic carbocycles. The van der Waals surface area contributed by atoms with Gasteiger partial charge in [-0.15, -0.1) is 0 Å². The van der Waals surface area contributed by atoms with Crippen LogP contribution in [0.15, 0.2) is 23.2 Å². The normalized spacial score (nSPS) is 16.9. The molecule has 0 aromatic heterocycles. The van der Waals surface area contributed by atoms with Crippen LogP contribution in [-0.2, 0) is 16.0 Å². The molecule has 1 atom stereocenters. The Morgan fingerprint density at radius 2 is 2.21 bits per heavy atom. The summed E-state index contributed by atoms with van der Waals surface area (Å²) in [6.45, 7) is 3.17. The minimum Gasteiger partial charge on any atom is -0.490 e. The van der Waals surface area contributed by atoms with E-state index in [-0.39, 0.29) is 12.3 Å². The molecule has 1 heterocycles. The van der Waals surface area contributed by atoms with Crippen molar-refractivity contribution in [2.24, 2.45) is 10.9 Å². The smallest absolute Gasteiger partial charge is 0.387 e. The lowest BCUT2D eigenvalue weighted by Gasteiger charge is -2.17. The van der Waals surface area contributed by atoms with Gasteiger partial charge in [0.1, 0.15) is 0 Å². The highest BCUT2D eigenvalue weighted by molar-refractivity contribution is 5.79. The van der Waals surface area contributed by atoms with Crippen LogP contribution < -0.4 is 20.1 Å². The van der Waals surface area contributed by atoms with Gasteiger partial charge in [0.15, 0.2) is 17.5 Å². The SMILES string of the molecule is CCOc1cccc(CNC(=NC)NCCCOCC2CCOC2)c1OC(F)F. The van der Waals surface area contributed by atoms with E-state index < -0.39 is 6.61 Å². The number of ether oxygens (including phenoxy) is 4. The lowest BCUT2D eigenvalue weighted by Crippen LogP contribution is -2.37. The van der Waals surface area contributed by atoms with E-state index in [1.165, 1.54) is 0 Å². The van der Waals surface area contributed by atoms with Gasteiger partial charge in [0.25, 0.3) is 0 Å². The Morgan fingerprint density at radius 3 is 2.90 bits per heavy atom. The van der Waals surface area contributed by atoms with Crippen LogP contribution in [0, 0.1) is 5.92 Å². The minimum atomic E-state index is -2.93. The average molecular weight is 415 g/mol. The Bertz CT molecular complexity index is 626. The number of alkyl halides is 2. The molecule has 1 aliphatic heterocycles. The molecule has 0 radical (unpaired) electrons. The molecule has 0 amide bonds. The van der Waals surface area contributed by atoms with Gasteiger partial charge in [-0.05, 0) is 25.8 Å². The third-order valence-corrected chi connectivity index (χ3v) is 4.37. The first kappa shape index (κ1) is 23.2. The predicted molar refractivity (Wildman–Crippen MR) is 107 cm³/mol. The second-order valence-corrected chi connectivity index (χ2v) is 6.57. The number of para-hydroxylation sites is 1. The van der Waals surface area contributed by atoms with Crippen molar-refractivity contribution in [3.8, 4) is 11.5 Å². The molecule has 164 valence electrons. The molecule has 0 saturated carbocycles. The molecule has 29 heavy (non-hydrogen) atoms. The fourth-order valence-electron chi connectivity index (χ4n) is 2.94. The van der Waals surface area contributed by atoms with Gasteiger partial charge in [0.05, 0.1) is 19.8 Å². The van der Waals surface area contributed by atoms with Crippen LogP contribution in [0.4, 0.5) is 8.78 Å². The number of benzene rings is 1. The van der Waals surface area contributed by atoms with Crippen LogP contribution in [0.3, 0.4) is 0 Å². The summed E-state index contributed by atoms with van der Waals surface area (Å²) in [6, 6.07) is 5.06. The molecule has 1 unspecified atom stereocenters. The molecular weight excluding hydrogens is 384 g/mol. The number of aliphatic imine (C=N–C) groups is 1. The summed E-state index contributed by atoms with van der Waals surface area (Å²) in [7, 11) is 1.65. The van der Waals surface area contributed by atoms with E-state index >= 15 is 0 Å². The number of hydrogen-bond donors (Lipinski definition) is 2. The Labute approximate surface area is 170 Å². The largest absolute Gasteiger partial charge is 0.490 e. The highest BCUT2D eigenvalue weighted by Gasteiger charge is 2.16. The van der Waals surface area contributed by atoms with Crippen LogP contribution in [0.25, 0.3) is 0 Å². The molecule has 0 bridgehead atoms.